The Morgan fingerprint density at radius 1 is 1.30 bits per heavy atom. The zero-order valence-electron chi connectivity index (χ0n) is 10.7. The molecule has 1 aliphatic rings. The number of aromatic nitrogens is 1. The van der Waals surface area contributed by atoms with E-state index in [9.17, 15) is 8.78 Å². The number of fused-ring (bicyclic) bond motifs is 1. The molecule has 0 amide bonds. The molecule has 1 aromatic carbocycles. The smallest absolute Gasteiger partial charge is 0.150 e. The van der Waals surface area contributed by atoms with Crippen LogP contribution in [0.15, 0.2) is 34.9 Å². The maximum absolute atomic E-state index is 13.9. The van der Waals surface area contributed by atoms with E-state index in [-0.39, 0.29) is 11.7 Å². The third kappa shape index (κ3) is 2.54. The predicted octanol–water partition coefficient (Wildman–Crippen LogP) is 4.61. The second-order valence-electron chi connectivity index (χ2n) is 4.88. The molecule has 0 saturated carbocycles. The van der Waals surface area contributed by atoms with Crippen molar-refractivity contribution in [3.8, 4) is 0 Å². The van der Waals surface area contributed by atoms with E-state index >= 15 is 0 Å². The van der Waals surface area contributed by atoms with Crippen molar-refractivity contribution in [1.82, 2.24) is 4.98 Å². The largest absolute Gasteiger partial charge is 0.373 e. The first-order chi connectivity index (χ1) is 9.65. The van der Waals surface area contributed by atoms with Crippen LogP contribution in [0.5, 0.6) is 0 Å². The van der Waals surface area contributed by atoms with Gasteiger partial charge in [0, 0.05) is 16.7 Å². The van der Waals surface area contributed by atoms with E-state index in [0.29, 0.717) is 4.47 Å². The second kappa shape index (κ2) is 5.48. The molecule has 0 saturated heterocycles. The Kier molecular flexibility index (Phi) is 3.70. The molecule has 1 aliphatic carbocycles. The Bertz CT molecular complexity index is 623. The number of hydrogen-bond acceptors (Lipinski definition) is 2. The molecule has 3 rings (SSSR count). The molecule has 1 heterocycles. The normalized spacial score (nSPS) is 17.6. The van der Waals surface area contributed by atoms with Crippen molar-refractivity contribution < 1.29 is 8.78 Å². The van der Waals surface area contributed by atoms with E-state index in [0.717, 1.165) is 31.0 Å². The number of rotatable bonds is 2. The average Bonchev–Trinajstić information content (AvgIpc) is 2.43. The summed E-state index contributed by atoms with van der Waals surface area (Å²) in [5.74, 6) is -1.19. The second-order valence-corrected chi connectivity index (χ2v) is 5.74. The van der Waals surface area contributed by atoms with Gasteiger partial charge in [-0.1, -0.05) is 6.07 Å². The molecule has 2 aromatic rings. The molecular weight excluding hydrogens is 326 g/mol. The molecule has 1 atom stereocenters. The Balaban J connectivity index is 1.94. The molecule has 1 aromatic heterocycles. The van der Waals surface area contributed by atoms with Gasteiger partial charge in [0.25, 0.3) is 0 Å². The number of aryl methyl sites for hydroxylation is 1. The highest BCUT2D eigenvalue weighted by molar-refractivity contribution is 9.10. The zero-order chi connectivity index (χ0) is 14.1. The number of nitrogens with zero attached hydrogens (tertiary/aromatic N) is 1. The summed E-state index contributed by atoms with van der Waals surface area (Å²) in [6.07, 6.45) is 4.65. The van der Waals surface area contributed by atoms with Crippen molar-refractivity contribution in [2.24, 2.45) is 0 Å². The van der Waals surface area contributed by atoms with Crippen molar-refractivity contribution in [3.05, 3.63) is 57.8 Å². The first-order valence-corrected chi connectivity index (χ1v) is 7.29. The average molecular weight is 339 g/mol. The molecule has 0 bridgehead atoms. The molecule has 20 heavy (non-hydrogen) atoms. The highest BCUT2D eigenvalue weighted by Crippen LogP contribution is 2.35. The fourth-order valence-corrected chi connectivity index (χ4v) is 3.13. The minimum atomic E-state index is -0.597. The van der Waals surface area contributed by atoms with Gasteiger partial charge in [-0.15, -0.1) is 0 Å². The van der Waals surface area contributed by atoms with Gasteiger partial charge in [0.05, 0.1) is 17.4 Å². The highest BCUT2D eigenvalue weighted by Gasteiger charge is 2.23. The summed E-state index contributed by atoms with van der Waals surface area (Å²) < 4.78 is 27.4. The fourth-order valence-electron chi connectivity index (χ4n) is 2.60. The summed E-state index contributed by atoms with van der Waals surface area (Å²) in [5.41, 5.74) is 2.43. The van der Waals surface area contributed by atoms with E-state index in [4.69, 9.17) is 0 Å². The third-order valence-corrected chi connectivity index (χ3v) is 4.15. The molecular formula is C15H13BrF2N2. The predicted molar refractivity (Wildman–Crippen MR) is 77.6 cm³/mol. The van der Waals surface area contributed by atoms with Crippen LogP contribution < -0.4 is 5.32 Å². The number of nitrogens with one attached hydrogen (secondary N) is 1. The SMILES string of the molecule is Fc1cc(F)c(NC2CCCc3cccnc32)c(Br)c1. The van der Waals surface area contributed by atoms with Crippen LogP contribution in [0.4, 0.5) is 14.5 Å². The van der Waals surface area contributed by atoms with E-state index < -0.39 is 11.6 Å². The summed E-state index contributed by atoms with van der Waals surface area (Å²) in [4.78, 5) is 4.40. The van der Waals surface area contributed by atoms with Gasteiger partial charge in [-0.3, -0.25) is 4.98 Å². The van der Waals surface area contributed by atoms with Crippen LogP contribution in [0, 0.1) is 11.6 Å². The van der Waals surface area contributed by atoms with Crippen molar-refractivity contribution in [1.29, 1.82) is 0 Å². The van der Waals surface area contributed by atoms with Crippen molar-refractivity contribution in [2.45, 2.75) is 25.3 Å². The molecule has 2 nitrogen and oxygen atoms in total. The summed E-state index contributed by atoms with van der Waals surface area (Å²) in [5, 5.41) is 3.15. The van der Waals surface area contributed by atoms with Crippen LogP contribution in [0.25, 0.3) is 0 Å². The minimum Gasteiger partial charge on any atom is -0.373 e. The third-order valence-electron chi connectivity index (χ3n) is 3.52. The van der Waals surface area contributed by atoms with Crippen LogP contribution >= 0.6 is 15.9 Å². The van der Waals surface area contributed by atoms with Gasteiger partial charge < -0.3 is 5.32 Å². The van der Waals surface area contributed by atoms with E-state index in [2.05, 4.69) is 26.2 Å². The summed E-state index contributed by atoms with van der Waals surface area (Å²) >= 11 is 3.20. The Morgan fingerprint density at radius 2 is 2.15 bits per heavy atom. The van der Waals surface area contributed by atoms with Gasteiger partial charge in [0.15, 0.2) is 0 Å². The molecule has 0 fully saturated rings. The monoisotopic (exact) mass is 338 g/mol. The van der Waals surface area contributed by atoms with E-state index in [1.54, 1.807) is 6.20 Å². The van der Waals surface area contributed by atoms with Gasteiger partial charge in [-0.05, 0) is 52.9 Å². The van der Waals surface area contributed by atoms with Crippen LogP contribution in [0.2, 0.25) is 0 Å². The van der Waals surface area contributed by atoms with Crippen molar-refractivity contribution in [3.63, 3.8) is 0 Å². The van der Waals surface area contributed by atoms with Gasteiger partial charge in [-0.2, -0.15) is 0 Å². The first-order valence-electron chi connectivity index (χ1n) is 6.50. The van der Waals surface area contributed by atoms with Gasteiger partial charge >= 0.3 is 0 Å². The molecule has 5 heteroatoms. The van der Waals surface area contributed by atoms with Crippen LogP contribution in [-0.2, 0) is 6.42 Å². The molecule has 1 N–H and O–H groups in total. The lowest BCUT2D eigenvalue weighted by Gasteiger charge is -2.26. The molecule has 0 aliphatic heterocycles. The summed E-state index contributed by atoms with van der Waals surface area (Å²) in [7, 11) is 0. The Labute approximate surface area is 124 Å². The topological polar surface area (TPSA) is 24.9 Å². The fraction of sp³-hybridized carbons (Fsp3) is 0.267. The number of benzene rings is 1. The lowest BCUT2D eigenvalue weighted by Crippen LogP contribution is -2.19. The lowest BCUT2D eigenvalue weighted by atomic mass is 9.92. The van der Waals surface area contributed by atoms with Gasteiger partial charge in [0.2, 0.25) is 0 Å². The lowest BCUT2D eigenvalue weighted by molar-refractivity contribution is 0.562. The first kappa shape index (κ1) is 13.5. The minimum absolute atomic E-state index is 0.0452. The number of halogens is 3. The van der Waals surface area contributed by atoms with Crippen LogP contribution in [0.3, 0.4) is 0 Å². The van der Waals surface area contributed by atoms with Crippen molar-refractivity contribution in [2.75, 3.05) is 5.32 Å². The Morgan fingerprint density at radius 3 is 2.95 bits per heavy atom. The standard InChI is InChI=1S/C15H13BrF2N2/c16-11-7-10(17)8-12(18)15(11)20-13-5-1-3-9-4-2-6-19-14(9)13/h2,4,6-8,13,20H,1,3,5H2. The van der Waals surface area contributed by atoms with Gasteiger partial charge in [0.1, 0.15) is 11.6 Å². The molecule has 1 unspecified atom stereocenters. The molecule has 104 valence electrons. The van der Waals surface area contributed by atoms with Gasteiger partial charge in [-0.25, -0.2) is 8.78 Å². The van der Waals surface area contributed by atoms with E-state index in [1.807, 2.05) is 12.1 Å². The summed E-state index contributed by atoms with van der Waals surface area (Å²) in [6.45, 7) is 0. The number of anilines is 1. The maximum atomic E-state index is 13.9. The van der Waals surface area contributed by atoms with Crippen LogP contribution in [-0.4, -0.2) is 4.98 Å². The highest BCUT2D eigenvalue weighted by atomic mass is 79.9. The number of pyridine rings is 1. The summed E-state index contributed by atoms with van der Waals surface area (Å²) in [6, 6.07) is 6.06. The van der Waals surface area contributed by atoms with Crippen LogP contribution in [0.1, 0.15) is 30.1 Å². The van der Waals surface area contributed by atoms with E-state index in [1.165, 1.54) is 11.6 Å². The number of hydrogen-bond donors (Lipinski definition) is 1. The molecule has 0 radical (unpaired) electrons. The van der Waals surface area contributed by atoms with Crippen molar-refractivity contribution >= 4 is 21.6 Å². The molecule has 0 spiro atoms. The maximum Gasteiger partial charge on any atom is 0.150 e. The quantitative estimate of drug-likeness (QED) is 0.864. The Hall–Kier alpha value is -1.49. The zero-order valence-corrected chi connectivity index (χ0v) is 12.3.